The summed E-state index contributed by atoms with van der Waals surface area (Å²) < 4.78 is 25.4. The van der Waals surface area contributed by atoms with E-state index < -0.39 is 0 Å². The second-order valence-corrected chi connectivity index (χ2v) is 14.6. The molecule has 8 nitrogen and oxygen atoms in total. The first kappa shape index (κ1) is 25.1. The minimum Gasteiger partial charge on any atom is -0.342 e. The largest absolute Gasteiger partial charge is 0.342 e. The van der Waals surface area contributed by atoms with Crippen molar-refractivity contribution < 1.29 is 4.79 Å². The zero-order valence-corrected chi connectivity index (χ0v) is 26.6. The third kappa shape index (κ3) is 3.35. The number of aromatic nitrogens is 5. The molecule has 1 aliphatic rings. The Bertz CT molecular complexity index is 2510. The third-order valence-corrected chi connectivity index (χ3v) is 12.5. The standard InChI is InChI=1S/C28H15N7OS6/c1-3-35-27(36)26(40-28(35)37)29-15-9-13-12(20-22(15)33-42-31-20)8-14(21-19(13)30-41-32-21)18-10-16-24(39-18)25-23(34(16)2)11-6-4-5-7-17(11)38-25/h4-10H,3H2,1-2H3. The molecule has 0 radical (unpaired) electrons. The van der Waals surface area contributed by atoms with Crippen LogP contribution in [0, 0.1) is 0 Å². The maximum absolute atomic E-state index is 12.9. The second-order valence-electron chi connectivity index (χ2n) is 9.83. The number of amides is 1. The van der Waals surface area contributed by atoms with Gasteiger partial charge in [0.1, 0.15) is 26.4 Å². The van der Waals surface area contributed by atoms with Crippen LogP contribution in [0.25, 0.3) is 73.8 Å². The third-order valence-electron chi connectivity index (χ3n) is 7.67. The number of nitrogens with zero attached hydrogens (tertiary/aromatic N) is 7. The predicted molar refractivity (Wildman–Crippen MR) is 183 cm³/mol. The summed E-state index contributed by atoms with van der Waals surface area (Å²) >= 11 is 12.6. The van der Waals surface area contributed by atoms with Crippen LogP contribution < -0.4 is 0 Å². The van der Waals surface area contributed by atoms with Gasteiger partial charge in [0, 0.05) is 44.9 Å². The highest BCUT2D eigenvalue weighted by molar-refractivity contribution is 8.35. The van der Waals surface area contributed by atoms with Crippen molar-refractivity contribution in [2.75, 3.05) is 6.54 Å². The van der Waals surface area contributed by atoms with Gasteiger partial charge in [-0.05, 0) is 43.0 Å². The molecule has 5 aromatic heterocycles. The SMILES string of the molecule is CCN1C(=O)C(=Nc2cc3c(cc(-c4cc5c(s4)c4sc6ccccc6c4n5C)c4nsnc43)c3nsnc23)SC1=S. The molecule has 8 aromatic rings. The fourth-order valence-electron chi connectivity index (χ4n) is 5.71. The first-order valence-electron chi connectivity index (χ1n) is 12.9. The van der Waals surface area contributed by atoms with E-state index in [1.807, 2.05) is 24.3 Å². The predicted octanol–water partition coefficient (Wildman–Crippen LogP) is 8.35. The van der Waals surface area contributed by atoms with E-state index in [1.165, 1.54) is 54.0 Å². The van der Waals surface area contributed by atoms with Gasteiger partial charge in [-0.1, -0.05) is 30.4 Å². The molecule has 0 aliphatic carbocycles. The zero-order valence-electron chi connectivity index (χ0n) is 21.7. The van der Waals surface area contributed by atoms with Crippen molar-refractivity contribution in [3.8, 4) is 10.4 Å². The molecule has 0 saturated carbocycles. The van der Waals surface area contributed by atoms with Gasteiger partial charge in [-0.3, -0.25) is 9.69 Å². The van der Waals surface area contributed by atoms with E-state index in [0.717, 1.165) is 49.5 Å². The second kappa shape index (κ2) is 9.05. The minimum atomic E-state index is -0.183. The summed E-state index contributed by atoms with van der Waals surface area (Å²) in [5.74, 6) is -0.183. The van der Waals surface area contributed by atoms with E-state index in [-0.39, 0.29) is 5.91 Å². The van der Waals surface area contributed by atoms with Crippen LogP contribution in [-0.4, -0.2) is 48.8 Å². The molecule has 1 aliphatic heterocycles. The number of thiophene rings is 2. The van der Waals surface area contributed by atoms with E-state index >= 15 is 0 Å². The van der Waals surface area contributed by atoms with Gasteiger partial charge >= 0.3 is 0 Å². The molecule has 0 N–H and O–H groups in total. The Kier molecular flexibility index (Phi) is 5.42. The Balaban J connectivity index is 1.27. The molecule has 0 unspecified atom stereocenters. The molecule has 0 atom stereocenters. The quantitative estimate of drug-likeness (QED) is 0.177. The number of fused-ring (bicyclic) bond motifs is 10. The molecular weight excluding hydrogens is 643 g/mol. The average molecular weight is 658 g/mol. The lowest BCUT2D eigenvalue weighted by Crippen LogP contribution is -2.29. The van der Waals surface area contributed by atoms with Gasteiger partial charge in [0.15, 0.2) is 5.04 Å². The van der Waals surface area contributed by atoms with Crippen LogP contribution in [0.4, 0.5) is 5.69 Å². The van der Waals surface area contributed by atoms with Crippen LogP contribution >= 0.6 is 70.1 Å². The van der Waals surface area contributed by atoms with E-state index in [0.29, 0.717) is 27.1 Å². The molecule has 3 aromatic carbocycles. The smallest absolute Gasteiger partial charge is 0.284 e. The molecule has 6 heterocycles. The number of hydrogen-bond acceptors (Lipinski definition) is 12. The number of carbonyl (C=O) groups is 1. The lowest BCUT2D eigenvalue weighted by molar-refractivity contribution is -0.119. The Labute approximate surface area is 262 Å². The van der Waals surface area contributed by atoms with Crippen LogP contribution in [0.2, 0.25) is 0 Å². The normalized spacial score (nSPS) is 15.5. The van der Waals surface area contributed by atoms with E-state index in [1.54, 1.807) is 16.2 Å². The van der Waals surface area contributed by atoms with Crippen molar-refractivity contribution in [1.29, 1.82) is 0 Å². The van der Waals surface area contributed by atoms with Gasteiger partial charge in [-0.25, -0.2) is 4.99 Å². The number of benzene rings is 3. The first-order valence-corrected chi connectivity index (χ1v) is 17.2. The lowest BCUT2D eigenvalue weighted by atomic mass is 10.0. The van der Waals surface area contributed by atoms with Gasteiger partial charge in [-0.2, -0.15) is 17.5 Å². The van der Waals surface area contributed by atoms with Crippen molar-refractivity contribution in [2.45, 2.75) is 6.92 Å². The minimum absolute atomic E-state index is 0.183. The molecule has 0 bridgehead atoms. The fourth-order valence-corrected chi connectivity index (χ4v) is 10.7. The van der Waals surface area contributed by atoms with Crippen molar-refractivity contribution >= 4 is 154 Å². The molecular formula is C28H15N7OS6. The highest BCUT2D eigenvalue weighted by atomic mass is 32.2. The van der Waals surface area contributed by atoms with Gasteiger partial charge in [0.05, 0.1) is 49.6 Å². The number of carbonyl (C=O) groups excluding carboxylic acids is 1. The number of aryl methyl sites for hydroxylation is 1. The number of thiocarbonyl (C=S) groups is 1. The van der Waals surface area contributed by atoms with Crippen LogP contribution in [0.5, 0.6) is 0 Å². The highest BCUT2D eigenvalue weighted by Gasteiger charge is 2.33. The summed E-state index contributed by atoms with van der Waals surface area (Å²) in [6.07, 6.45) is 0. The Hall–Kier alpha value is -3.40. The molecule has 1 amide bonds. The van der Waals surface area contributed by atoms with E-state index in [2.05, 4.69) is 56.8 Å². The van der Waals surface area contributed by atoms with Crippen LogP contribution in [0.3, 0.4) is 0 Å². The monoisotopic (exact) mass is 657 g/mol. The fraction of sp³-hybridized carbons (Fsp3) is 0.107. The molecule has 42 heavy (non-hydrogen) atoms. The van der Waals surface area contributed by atoms with Gasteiger partial charge in [0.2, 0.25) is 0 Å². The maximum atomic E-state index is 12.9. The highest BCUT2D eigenvalue weighted by Crippen LogP contribution is 2.48. The summed E-state index contributed by atoms with van der Waals surface area (Å²) in [7, 11) is 2.15. The number of aliphatic imine (C=N–C) groups is 1. The number of rotatable bonds is 3. The Morgan fingerprint density at radius 3 is 2.43 bits per heavy atom. The van der Waals surface area contributed by atoms with Gasteiger partial charge in [0.25, 0.3) is 5.91 Å². The lowest BCUT2D eigenvalue weighted by Gasteiger charge is -2.09. The molecule has 204 valence electrons. The summed E-state index contributed by atoms with van der Waals surface area (Å²) in [5, 5.41) is 3.47. The summed E-state index contributed by atoms with van der Waals surface area (Å²) in [6.45, 7) is 2.41. The first-order chi connectivity index (χ1) is 20.5. The van der Waals surface area contributed by atoms with Crippen LogP contribution in [0.15, 0.2) is 47.5 Å². The topological polar surface area (TPSA) is 89.2 Å². The maximum Gasteiger partial charge on any atom is 0.284 e. The molecule has 14 heteroatoms. The van der Waals surface area contributed by atoms with Crippen molar-refractivity contribution in [1.82, 2.24) is 27.0 Å². The van der Waals surface area contributed by atoms with E-state index in [4.69, 9.17) is 26.0 Å². The average Bonchev–Trinajstić information content (AvgIpc) is 3.82. The van der Waals surface area contributed by atoms with Crippen molar-refractivity contribution in [3.05, 3.63) is 42.5 Å². The molecule has 0 spiro atoms. The molecule has 1 saturated heterocycles. The summed E-state index contributed by atoms with van der Waals surface area (Å²) in [4.78, 5) is 20.3. The van der Waals surface area contributed by atoms with Gasteiger partial charge < -0.3 is 4.57 Å². The van der Waals surface area contributed by atoms with E-state index in [9.17, 15) is 4.79 Å². The zero-order chi connectivity index (χ0) is 28.3. The Morgan fingerprint density at radius 2 is 1.62 bits per heavy atom. The summed E-state index contributed by atoms with van der Waals surface area (Å²) in [5.41, 5.74) is 7.15. The number of thioether (sulfide) groups is 1. The number of hydrogen-bond donors (Lipinski definition) is 0. The van der Waals surface area contributed by atoms with Crippen LogP contribution in [0.1, 0.15) is 6.92 Å². The molecule has 9 rings (SSSR count). The Morgan fingerprint density at radius 1 is 0.881 bits per heavy atom. The van der Waals surface area contributed by atoms with Crippen molar-refractivity contribution in [3.63, 3.8) is 0 Å². The van der Waals surface area contributed by atoms with Crippen molar-refractivity contribution in [2.24, 2.45) is 12.0 Å². The summed E-state index contributed by atoms with van der Waals surface area (Å²) in [6, 6.07) is 15.0. The van der Waals surface area contributed by atoms with Gasteiger partial charge in [-0.15, -0.1) is 22.7 Å². The molecule has 1 fully saturated rings. The van der Waals surface area contributed by atoms with Crippen LogP contribution in [-0.2, 0) is 11.8 Å².